The van der Waals surface area contributed by atoms with Crippen molar-refractivity contribution in [2.45, 2.75) is 12.6 Å². The fourth-order valence-corrected chi connectivity index (χ4v) is 1.66. The van der Waals surface area contributed by atoms with Gasteiger partial charge in [-0.25, -0.2) is 4.98 Å². The van der Waals surface area contributed by atoms with E-state index in [0.29, 0.717) is 0 Å². The molecule has 0 spiro atoms. The quantitative estimate of drug-likeness (QED) is 0.802. The predicted octanol–water partition coefficient (Wildman–Crippen LogP) is 2.92. The lowest BCUT2D eigenvalue weighted by atomic mass is 10.0. The summed E-state index contributed by atoms with van der Waals surface area (Å²) in [5, 5.41) is 0. The molecule has 1 aromatic heterocycles. The SMILES string of the molecule is O=C(Cc1ccccc1C(F)(F)F)c1cnccn1. The molecule has 3 nitrogen and oxygen atoms in total. The zero-order valence-corrected chi connectivity index (χ0v) is 9.69. The van der Waals surface area contributed by atoms with Gasteiger partial charge in [0, 0.05) is 18.8 Å². The minimum Gasteiger partial charge on any atom is -0.292 e. The van der Waals surface area contributed by atoms with Gasteiger partial charge in [0.2, 0.25) is 0 Å². The molecule has 0 radical (unpaired) electrons. The lowest BCUT2D eigenvalue weighted by Crippen LogP contribution is -2.13. The van der Waals surface area contributed by atoms with Crippen LogP contribution in [0.5, 0.6) is 0 Å². The molecule has 2 aromatic rings. The number of rotatable bonds is 3. The van der Waals surface area contributed by atoms with Gasteiger partial charge >= 0.3 is 6.18 Å². The van der Waals surface area contributed by atoms with Crippen LogP contribution >= 0.6 is 0 Å². The van der Waals surface area contributed by atoms with Gasteiger partial charge in [-0.1, -0.05) is 18.2 Å². The number of hydrogen-bond acceptors (Lipinski definition) is 3. The molecule has 0 aliphatic heterocycles. The van der Waals surface area contributed by atoms with Crippen molar-refractivity contribution in [3.05, 3.63) is 59.7 Å². The number of Topliss-reactive ketones (excluding diaryl/α,β-unsaturated/α-hetero) is 1. The zero-order valence-electron chi connectivity index (χ0n) is 9.69. The summed E-state index contributed by atoms with van der Waals surface area (Å²) < 4.78 is 38.3. The third-order valence-electron chi connectivity index (χ3n) is 2.52. The molecule has 19 heavy (non-hydrogen) atoms. The lowest BCUT2D eigenvalue weighted by Gasteiger charge is -2.11. The van der Waals surface area contributed by atoms with E-state index >= 15 is 0 Å². The second-order valence-corrected chi connectivity index (χ2v) is 3.85. The third kappa shape index (κ3) is 3.15. The number of halogens is 3. The fourth-order valence-electron chi connectivity index (χ4n) is 1.66. The molecule has 0 aliphatic rings. The maximum atomic E-state index is 12.8. The predicted molar refractivity (Wildman–Crippen MR) is 61.5 cm³/mol. The summed E-state index contributed by atoms with van der Waals surface area (Å²) in [6.07, 6.45) is -0.879. The van der Waals surface area contributed by atoms with Gasteiger partial charge in [0.1, 0.15) is 5.69 Å². The van der Waals surface area contributed by atoms with E-state index in [0.717, 1.165) is 6.07 Å². The fraction of sp³-hybridized carbons (Fsp3) is 0.154. The molecule has 1 aromatic carbocycles. The van der Waals surface area contributed by atoms with Crippen molar-refractivity contribution in [1.82, 2.24) is 9.97 Å². The molecule has 0 fully saturated rings. The summed E-state index contributed by atoms with van der Waals surface area (Å²) in [5.41, 5.74) is -0.808. The van der Waals surface area contributed by atoms with Crippen molar-refractivity contribution >= 4 is 5.78 Å². The Morgan fingerprint density at radius 3 is 2.53 bits per heavy atom. The van der Waals surface area contributed by atoms with Crippen LogP contribution in [-0.2, 0) is 12.6 Å². The number of nitrogens with zero attached hydrogens (tertiary/aromatic N) is 2. The second-order valence-electron chi connectivity index (χ2n) is 3.85. The monoisotopic (exact) mass is 266 g/mol. The first-order valence-corrected chi connectivity index (χ1v) is 5.43. The Morgan fingerprint density at radius 2 is 1.89 bits per heavy atom. The van der Waals surface area contributed by atoms with Crippen LogP contribution in [0.4, 0.5) is 13.2 Å². The van der Waals surface area contributed by atoms with Crippen LogP contribution in [0.1, 0.15) is 21.6 Å². The van der Waals surface area contributed by atoms with Gasteiger partial charge in [-0.3, -0.25) is 9.78 Å². The molecule has 0 amide bonds. The molecule has 0 saturated heterocycles. The van der Waals surface area contributed by atoms with Crippen molar-refractivity contribution in [3.63, 3.8) is 0 Å². The van der Waals surface area contributed by atoms with Crippen LogP contribution in [0.25, 0.3) is 0 Å². The molecule has 0 unspecified atom stereocenters. The number of carbonyl (C=O) groups excluding carboxylic acids is 1. The highest BCUT2D eigenvalue weighted by molar-refractivity contribution is 5.95. The first kappa shape index (κ1) is 13.2. The third-order valence-corrected chi connectivity index (χ3v) is 2.52. The molecule has 0 atom stereocenters. The van der Waals surface area contributed by atoms with Crippen molar-refractivity contribution in [2.24, 2.45) is 0 Å². The number of ketones is 1. The highest BCUT2D eigenvalue weighted by Crippen LogP contribution is 2.32. The van der Waals surface area contributed by atoms with E-state index in [9.17, 15) is 18.0 Å². The van der Waals surface area contributed by atoms with Crippen LogP contribution in [0, 0.1) is 0 Å². The molecule has 0 aliphatic carbocycles. The summed E-state index contributed by atoms with van der Waals surface area (Å²) in [7, 11) is 0. The minimum absolute atomic E-state index is 0.0551. The summed E-state index contributed by atoms with van der Waals surface area (Å²) in [6, 6.07) is 5.00. The van der Waals surface area contributed by atoms with Crippen molar-refractivity contribution in [1.29, 1.82) is 0 Å². The summed E-state index contributed by atoms with van der Waals surface area (Å²) in [5.74, 6) is -0.496. The van der Waals surface area contributed by atoms with Crippen molar-refractivity contribution < 1.29 is 18.0 Å². The average Bonchev–Trinajstić information content (AvgIpc) is 2.39. The highest BCUT2D eigenvalue weighted by atomic mass is 19.4. The highest BCUT2D eigenvalue weighted by Gasteiger charge is 2.33. The summed E-state index contributed by atoms with van der Waals surface area (Å²) in [4.78, 5) is 19.3. The van der Waals surface area contributed by atoms with Gasteiger partial charge in [0.15, 0.2) is 5.78 Å². The number of benzene rings is 1. The van der Waals surface area contributed by atoms with Crippen LogP contribution in [0.3, 0.4) is 0 Å². The van der Waals surface area contributed by atoms with E-state index in [-0.39, 0.29) is 17.7 Å². The Balaban J connectivity index is 2.28. The van der Waals surface area contributed by atoms with Gasteiger partial charge in [-0.05, 0) is 11.6 Å². The Hall–Kier alpha value is -2.24. The molecule has 0 bridgehead atoms. The summed E-state index contributed by atoms with van der Waals surface area (Å²) in [6.45, 7) is 0. The van der Waals surface area contributed by atoms with E-state index in [4.69, 9.17) is 0 Å². The van der Waals surface area contributed by atoms with Gasteiger partial charge in [-0.15, -0.1) is 0 Å². The maximum absolute atomic E-state index is 12.8. The largest absolute Gasteiger partial charge is 0.416 e. The van der Waals surface area contributed by atoms with Crippen LogP contribution in [0.2, 0.25) is 0 Å². The lowest BCUT2D eigenvalue weighted by molar-refractivity contribution is -0.138. The Morgan fingerprint density at radius 1 is 1.16 bits per heavy atom. The molecule has 98 valence electrons. The summed E-state index contributed by atoms with van der Waals surface area (Å²) >= 11 is 0. The van der Waals surface area contributed by atoms with E-state index < -0.39 is 17.5 Å². The average molecular weight is 266 g/mol. The van der Waals surface area contributed by atoms with Gasteiger partial charge in [0.25, 0.3) is 0 Å². The molecule has 6 heteroatoms. The molecule has 1 heterocycles. The number of aromatic nitrogens is 2. The molecular weight excluding hydrogens is 257 g/mol. The molecule has 2 rings (SSSR count). The van der Waals surface area contributed by atoms with Crippen molar-refractivity contribution in [3.8, 4) is 0 Å². The van der Waals surface area contributed by atoms with E-state index in [1.165, 1.54) is 36.8 Å². The van der Waals surface area contributed by atoms with Crippen LogP contribution < -0.4 is 0 Å². The first-order valence-electron chi connectivity index (χ1n) is 5.43. The first-order chi connectivity index (χ1) is 8.98. The smallest absolute Gasteiger partial charge is 0.292 e. The molecular formula is C13H9F3N2O. The zero-order chi connectivity index (χ0) is 13.9. The minimum atomic E-state index is -4.47. The number of hydrogen-bond donors (Lipinski definition) is 0. The number of carbonyl (C=O) groups is 1. The van der Waals surface area contributed by atoms with E-state index in [1.807, 2.05) is 0 Å². The Labute approximate surface area is 107 Å². The Kier molecular flexibility index (Phi) is 3.59. The topological polar surface area (TPSA) is 42.9 Å². The number of alkyl halides is 3. The van der Waals surface area contributed by atoms with Crippen molar-refractivity contribution in [2.75, 3.05) is 0 Å². The second kappa shape index (κ2) is 5.17. The van der Waals surface area contributed by atoms with E-state index in [2.05, 4.69) is 9.97 Å². The maximum Gasteiger partial charge on any atom is 0.416 e. The van der Waals surface area contributed by atoms with E-state index in [1.54, 1.807) is 0 Å². The molecule has 0 N–H and O–H groups in total. The van der Waals surface area contributed by atoms with Crippen LogP contribution in [-0.4, -0.2) is 15.8 Å². The van der Waals surface area contributed by atoms with Gasteiger partial charge in [-0.2, -0.15) is 13.2 Å². The van der Waals surface area contributed by atoms with Gasteiger partial charge < -0.3 is 0 Å². The standard InChI is InChI=1S/C13H9F3N2O/c14-13(15,16)10-4-2-1-3-9(10)7-12(19)11-8-17-5-6-18-11/h1-6,8H,7H2. The van der Waals surface area contributed by atoms with Crippen LogP contribution in [0.15, 0.2) is 42.9 Å². The molecule has 0 saturated carbocycles. The van der Waals surface area contributed by atoms with Gasteiger partial charge in [0.05, 0.1) is 11.8 Å². The normalized spacial score (nSPS) is 11.3. The Bertz CT molecular complexity index is 582.